The van der Waals surface area contributed by atoms with E-state index in [4.69, 9.17) is 21.3 Å². The maximum absolute atomic E-state index is 12.7. The Morgan fingerprint density at radius 3 is 2.34 bits per heavy atom. The van der Waals surface area contributed by atoms with Crippen LogP contribution in [0.4, 0.5) is 0 Å². The van der Waals surface area contributed by atoms with Gasteiger partial charge in [-0.3, -0.25) is 0 Å². The van der Waals surface area contributed by atoms with E-state index >= 15 is 0 Å². The van der Waals surface area contributed by atoms with Gasteiger partial charge in [0.2, 0.25) is 0 Å². The second-order valence-electron chi connectivity index (χ2n) is 8.59. The first-order valence-corrected chi connectivity index (χ1v) is 14.9. The monoisotopic (exact) mass is 564 g/mol. The van der Waals surface area contributed by atoms with Crippen molar-refractivity contribution in [3.8, 4) is 34.2 Å². The molecule has 1 N–H and O–H groups in total. The van der Waals surface area contributed by atoms with Crippen molar-refractivity contribution in [1.29, 1.82) is 5.26 Å². The SMILES string of the molecule is COc1ccc(-c2cc(-c3ccccc3)c(C#N)c(SC[C@H](O)CS(=O)(=O)Cc3ccc(Cl)cc3)n2)cc1. The minimum Gasteiger partial charge on any atom is -0.497 e. The minimum atomic E-state index is -3.58. The van der Waals surface area contributed by atoms with Gasteiger partial charge in [0, 0.05) is 21.9 Å². The third-order valence-corrected chi connectivity index (χ3v) is 8.77. The van der Waals surface area contributed by atoms with E-state index < -0.39 is 21.7 Å². The zero-order chi connectivity index (χ0) is 27.1. The predicted octanol–water partition coefficient (Wildman–Crippen LogP) is 6.02. The molecule has 1 aromatic heterocycles. The molecule has 4 aromatic rings. The van der Waals surface area contributed by atoms with E-state index in [1.165, 1.54) is 0 Å². The molecule has 0 aliphatic carbocycles. The summed E-state index contributed by atoms with van der Waals surface area (Å²) in [6.45, 7) is 0. The Balaban J connectivity index is 1.59. The first-order chi connectivity index (χ1) is 18.3. The van der Waals surface area contributed by atoms with Crippen LogP contribution in [0.25, 0.3) is 22.4 Å². The number of aliphatic hydroxyl groups excluding tert-OH is 1. The van der Waals surface area contributed by atoms with Crippen LogP contribution in [0.5, 0.6) is 5.75 Å². The molecular formula is C29H25ClN2O4S2. The molecule has 0 radical (unpaired) electrons. The number of ether oxygens (including phenoxy) is 1. The summed E-state index contributed by atoms with van der Waals surface area (Å²) < 4.78 is 30.6. The first kappa shape index (κ1) is 27.7. The number of sulfone groups is 1. The third-order valence-electron chi connectivity index (χ3n) is 5.73. The van der Waals surface area contributed by atoms with Crippen molar-refractivity contribution in [3.63, 3.8) is 0 Å². The Hall–Kier alpha value is -3.35. The van der Waals surface area contributed by atoms with Crippen LogP contribution in [-0.4, -0.2) is 43.2 Å². The molecule has 0 aliphatic rings. The van der Waals surface area contributed by atoms with E-state index in [0.717, 1.165) is 22.9 Å². The highest BCUT2D eigenvalue weighted by atomic mass is 35.5. The number of halogens is 1. The molecule has 0 amide bonds. The highest BCUT2D eigenvalue weighted by Crippen LogP contribution is 2.35. The Kier molecular flexibility index (Phi) is 9.08. The fourth-order valence-electron chi connectivity index (χ4n) is 3.90. The summed E-state index contributed by atoms with van der Waals surface area (Å²) in [4.78, 5) is 4.73. The molecule has 9 heteroatoms. The van der Waals surface area contributed by atoms with Crippen molar-refractivity contribution < 1.29 is 18.3 Å². The molecule has 4 rings (SSSR count). The van der Waals surface area contributed by atoms with Crippen molar-refractivity contribution in [2.75, 3.05) is 18.6 Å². The molecule has 194 valence electrons. The lowest BCUT2D eigenvalue weighted by molar-refractivity contribution is 0.222. The standard InChI is InChI=1S/C29H25ClN2O4S2/c1-36-25-13-9-22(10-14-25)28-15-26(21-5-3-2-4-6-21)27(16-31)29(32-28)37-17-24(33)19-38(34,35)18-20-7-11-23(30)12-8-20/h2-15,24,33H,17-19H2,1H3/t24-/m0/s1. The number of aromatic nitrogens is 1. The van der Waals surface area contributed by atoms with Gasteiger partial charge in [-0.2, -0.15) is 5.26 Å². The number of hydrogen-bond donors (Lipinski definition) is 1. The average molecular weight is 565 g/mol. The number of hydrogen-bond acceptors (Lipinski definition) is 7. The average Bonchev–Trinajstić information content (AvgIpc) is 2.92. The van der Waals surface area contributed by atoms with Gasteiger partial charge in [0.25, 0.3) is 0 Å². The Labute approximate surface area is 231 Å². The van der Waals surface area contributed by atoms with Crippen LogP contribution in [0.2, 0.25) is 5.02 Å². The van der Waals surface area contributed by atoms with E-state index in [2.05, 4.69) is 6.07 Å². The molecule has 0 saturated carbocycles. The smallest absolute Gasteiger partial charge is 0.157 e. The lowest BCUT2D eigenvalue weighted by Gasteiger charge is -2.15. The fraction of sp³-hybridized carbons (Fsp3) is 0.172. The summed E-state index contributed by atoms with van der Waals surface area (Å²) in [5.41, 5.74) is 4.02. The largest absolute Gasteiger partial charge is 0.497 e. The van der Waals surface area contributed by atoms with Crippen LogP contribution in [0.3, 0.4) is 0 Å². The highest BCUT2D eigenvalue weighted by Gasteiger charge is 2.21. The summed E-state index contributed by atoms with van der Waals surface area (Å²) >= 11 is 7.04. The number of nitriles is 1. The van der Waals surface area contributed by atoms with Crippen LogP contribution in [0, 0.1) is 11.3 Å². The fourth-order valence-corrected chi connectivity index (χ4v) is 6.63. The van der Waals surface area contributed by atoms with Gasteiger partial charge >= 0.3 is 0 Å². The third kappa shape index (κ3) is 7.15. The van der Waals surface area contributed by atoms with Gasteiger partial charge in [0.05, 0.1) is 36.0 Å². The molecule has 6 nitrogen and oxygen atoms in total. The van der Waals surface area contributed by atoms with Gasteiger partial charge < -0.3 is 9.84 Å². The molecule has 0 bridgehead atoms. The van der Waals surface area contributed by atoms with Gasteiger partial charge in [-0.25, -0.2) is 13.4 Å². The Morgan fingerprint density at radius 2 is 1.71 bits per heavy atom. The topological polar surface area (TPSA) is 100 Å². The summed E-state index contributed by atoms with van der Waals surface area (Å²) in [6, 6.07) is 27.7. The lowest BCUT2D eigenvalue weighted by atomic mass is 9.99. The second kappa shape index (κ2) is 12.5. The van der Waals surface area contributed by atoms with Crippen LogP contribution in [-0.2, 0) is 15.6 Å². The Morgan fingerprint density at radius 1 is 1.03 bits per heavy atom. The molecule has 0 aliphatic heterocycles. The van der Waals surface area contributed by atoms with Gasteiger partial charge in [-0.15, -0.1) is 11.8 Å². The van der Waals surface area contributed by atoms with Gasteiger partial charge in [0.15, 0.2) is 9.84 Å². The zero-order valence-electron chi connectivity index (χ0n) is 20.5. The zero-order valence-corrected chi connectivity index (χ0v) is 22.9. The maximum atomic E-state index is 12.7. The van der Waals surface area contributed by atoms with E-state index in [9.17, 15) is 18.8 Å². The molecule has 38 heavy (non-hydrogen) atoms. The molecule has 1 heterocycles. The summed E-state index contributed by atoms with van der Waals surface area (Å²) in [7, 11) is -1.98. The normalized spacial score (nSPS) is 12.1. The molecular weight excluding hydrogens is 540 g/mol. The maximum Gasteiger partial charge on any atom is 0.157 e. The second-order valence-corrected chi connectivity index (χ2v) is 12.1. The van der Waals surface area contributed by atoms with Crippen LogP contribution >= 0.6 is 23.4 Å². The minimum absolute atomic E-state index is 0.0574. The number of rotatable bonds is 10. The summed E-state index contributed by atoms with van der Waals surface area (Å²) in [5, 5.41) is 21.6. The van der Waals surface area contributed by atoms with E-state index in [1.54, 1.807) is 31.4 Å². The predicted molar refractivity (Wildman–Crippen MR) is 152 cm³/mol. The van der Waals surface area contributed by atoms with Crippen molar-refractivity contribution in [2.24, 2.45) is 0 Å². The number of nitrogens with zero attached hydrogens (tertiary/aromatic N) is 2. The van der Waals surface area contributed by atoms with Crippen molar-refractivity contribution >= 4 is 33.2 Å². The van der Waals surface area contributed by atoms with E-state index in [1.807, 2.05) is 60.7 Å². The van der Waals surface area contributed by atoms with Crippen molar-refractivity contribution in [3.05, 3.63) is 101 Å². The highest BCUT2D eigenvalue weighted by molar-refractivity contribution is 7.99. The van der Waals surface area contributed by atoms with Gasteiger partial charge in [-0.05, 0) is 53.6 Å². The quantitative estimate of drug-likeness (QED) is 0.235. The number of pyridine rings is 1. The molecule has 0 unspecified atom stereocenters. The van der Waals surface area contributed by atoms with Crippen LogP contribution < -0.4 is 4.74 Å². The van der Waals surface area contributed by atoms with Crippen molar-refractivity contribution in [2.45, 2.75) is 16.9 Å². The molecule has 0 fully saturated rings. The number of aliphatic hydroxyl groups is 1. The van der Waals surface area contributed by atoms with Crippen LogP contribution in [0.1, 0.15) is 11.1 Å². The molecule has 0 saturated heterocycles. The van der Waals surface area contributed by atoms with E-state index in [0.29, 0.717) is 38.2 Å². The van der Waals surface area contributed by atoms with Crippen LogP contribution in [0.15, 0.2) is 90.0 Å². The van der Waals surface area contributed by atoms with Gasteiger partial charge in [0.1, 0.15) is 16.8 Å². The van der Waals surface area contributed by atoms with E-state index in [-0.39, 0.29) is 11.5 Å². The number of thioether (sulfide) groups is 1. The lowest BCUT2D eigenvalue weighted by Crippen LogP contribution is -2.24. The molecule has 0 spiro atoms. The summed E-state index contributed by atoms with van der Waals surface area (Å²) in [5.74, 6) is 0.164. The van der Waals surface area contributed by atoms with Gasteiger partial charge in [-0.1, -0.05) is 54.1 Å². The number of methoxy groups -OCH3 is 1. The number of benzene rings is 3. The molecule has 3 aromatic carbocycles. The molecule has 1 atom stereocenters. The van der Waals surface area contributed by atoms with Crippen molar-refractivity contribution in [1.82, 2.24) is 4.98 Å². The summed E-state index contributed by atoms with van der Waals surface area (Å²) in [6.07, 6.45) is -1.14. The first-order valence-electron chi connectivity index (χ1n) is 11.7. The Bertz CT molecular complexity index is 1540.